The maximum absolute atomic E-state index is 12.5. The Hall–Kier alpha value is -2.33. The molecule has 0 N–H and O–H groups in total. The quantitative estimate of drug-likeness (QED) is 0.788. The lowest BCUT2D eigenvalue weighted by atomic mass is 10.1. The number of amides is 1. The number of Topliss-reactive ketones (excluding diaryl/α,β-unsaturated/α-hetero) is 1. The smallest absolute Gasteiger partial charge is 0.227 e. The van der Waals surface area contributed by atoms with Crippen LogP contribution in [0.25, 0.3) is 0 Å². The molecule has 4 nitrogen and oxygen atoms in total. The van der Waals surface area contributed by atoms with Crippen molar-refractivity contribution in [2.24, 2.45) is 0 Å². The molecule has 0 bridgehead atoms. The lowest BCUT2D eigenvalue weighted by Crippen LogP contribution is -2.49. The van der Waals surface area contributed by atoms with E-state index in [1.54, 1.807) is 6.92 Å². The van der Waals surface area contributed by atoms with E-state index in [4.69, 9.17) is 11.6 Å². The van der Waals surface area contributed by atoms with Gasteiger partial charge in [-0.05, 0) is 36.8 Å². The standard InChI is InChI=1S/C20H21ClN2O2/c1-15(24)17-3-2-4-19(14-17)22-9-11-23(12-10-22)20(25)13-16-5-7-18(21)8-6-16/h2-8,14H,9-13H2,1H3. The van der Waals surface area contributed by atoms with E-state index >= 15 is 0 Å². The highest BCUT2D eigenvalue weighted by Crippen LogP contribution is 2.19. The second-order valence-electron chi connectivity index (χ2n) is 6.28. The minimum Gasteiger partial charge on any atom is -0.368 e. The summed E-state index contributed by atoms with van der Waals surface area (Å²) in [6.45, 7) is 4.50. The number of piperazine rings is 1. The summed E-state index contributed by atoms with van der Waals surface area (Å²) in [7, 11) is 0. The minimum absolute atomic E-state index is 0.0682. The van der Waals surface area contributed by atoms with Gasteiger partial charge in [0.1, 0.15) is 0 Å². The molecule has 0 saturated carbocycles. The van der Waals surface area contributed by atoms with Crippen molar-refractivity contribution in [2.75, 3.05) is 31.1 Å². The molecule has 0 radical (unpaired) electrons. The zero-order valence-electron chi connectivity index (χ0n) is 14.2. The van der Waals surface area contributed by atoms with Crippen molar-refractivity contribution >= 4 is 29.0 Å². The topological polar surface area (TPSA) is 40.6 Å². The summed E-state index contributed by atoms with van der Waals surface area (Å²) >= 11 is 5.88. The number of carbonyl (C=O) groups excluding carboxylic acids is 2. The summed E-state index contributed by atoms with van der Waals surface area (Å²) in [5.74, 6) is 0.207. The molecule has 0 spiro atoms. The van der Waals surface area contributed by atoms with E-state index in [0.29, 0.717) is 24.5 Å². The number of halogens is 1. The van der Waals surface area contributed by atoms with E-state index in [9.17, 15) is 9.59 Å². The molecule has 0 atom stereocenters. The Kier molecular flexibility index (Phi) is 5.39. The molecule has 25 heavy (non-hydrogen) atoms. The Bertz CT molecular complexity index is 766. The van der Waals surface area contributed by atoms with Gasteiger partial charge in [-0.25, -0.2) is 0 Å². The zero-order chi connectivity index (χ0) is 17.8. The Morgan fingerprint density at radius 2 is 1.68 bits per heavy atom. The molecule has 1 saturated heterocycles. The second-order valence-corrected chi connectivity index (χ2v) is 6.71. The van der Waals surface area contributed by atoms with Crippen molar-refractivity contribution in [3.63, 3.8) is 0 Å². The number of rotatable bonds is 4. The summed E-state index contributed by atoms with van der Waals surface area (Å²) in [5, 5.41) is 0.678. The first-order chi connectivity index (χ1) is 12.0. The zero-order valence-corrected chi connectivity index (χ0v) is 15.0. The van der Waals surface area contributed by atoms with Crippen LogP contribution in [0.2, 0.25) is 5.02 Å². The summed E-state index contributed by atoms with van der Waals surface area (Å²) in [4.78, 5) is 28.1. The molecule has 1 heterocycles. The molecule has 1 amide bonds. The lowest BCUT2D eigenvalue weighted by Gasteiger charge is -2.36. The molecular weight excluding hydrogens is 336 g/mol. The number of anilines is 1. The first kappa shape index (κ1) is 17.5. The molecule has 0 aliphatic carbocycles. The van der Waals surface area contributed by atoms with Gasteiger partial charge in [0.05, 0.1) is 6.42 Å². The largest absolute Gasteiger partial charge is 0.368 e. The number of carbonyl (C=O) groups is 2. The summed E-state index contributed by atoms with van der Waals surface area (Å²) in [6.07, 6.45) is 0.400. The lowest BCUT2D eigenvalue weighted by molar-refractivity contribution is -0.130. The van der Waals surface area contributed by atoms with Gasteiger partial charge in [-0.2, -0.15) is 0 Å². The van der Waals surface area contributed by atoms with Gasteiger partial charge in [-0.1, -0.05) is 35.9 Å². The molecule has 5 heteroatoms. The summed E-state index contributed by atoms with van der Waals surface area (Å²) in [6, 6.07) is 15.1. The fourth-order valence-corrected chi connectivity index (χ4v) is 3.15. The van der Waals surface area contributed by atoms with Crippen LogP contribution in [0.15, 0.2) is 48.5 Å². The molecule has 1 fully saturated rings. The van der Waals surface area contributed by atoms with Crippen LogP contribution < -0.4 is 4.90 Å². The SMILES string of the molecule is CC(=O)c1cccc(N2CCN(C(=O)Cc3ccc(Cl)cc3)CC2)c1. The van der Waals surface area contributed by atoms with E-state index < -0.39 is 0 Å². The second kappa shape index (κ2) is 7.70. The number of nitrogens with zero attached hydrogens (tertiary/aromatic N) is 2. The molecule has 0 unspecified atom stereocenters. The third-order valence-corrected chi connectivity index (χ3v) is 4.77. The Balaban J connectivity index is 1.58. The fourth-order valence-electron chi connectivity index (χ4n) is 3.02. The van der Waals surface area contributed by atoms with E-state index in [-0.39, 0.29) is 11.7 Å². The number of benzene rings is 2. The third kappa shape index (κ3) is 4.40. The van der Waals surface area contributed by atoms with Gasteiger partial charge >= 0.3 is 0 Å². The van der Waals surface area contributed by atoms with E-state index in [1.165, 1.54) is 0 Å². The van der Waals surface area contributed by atoms with Crippen LogP contribution in [0.1, 0.15) is 22.8 Å². The monoisotopic (exact) mass is 356 g/mol. The van der Waals surface area contributed by atoms with Crippen molar-refractivity contribution in [3.8, 4) is 0 Å². The van der Waals surface area contributed by atoms with Crippen LogP contribution in [0, 0.1) is 0 Å². The maximum atomic E-state index is 12.5. The summed E-state index contributed by atoms with van der Waals surface area (Å²) < 4.78 is 0. The Labute approximate surface area is 153 Å². The van der Waals surface area contributed by atoms with Gasteiger partial charge in [-0.3, -0.25) is 9.59 Å². The van der Waals surface area contributed by atoms with Crippen LogP contribution in [0.3, 0.4) is 0 Å². The molecule has 1 aliphatic heterocycles. The molecule has 1 aliphatic rings. The van der Waals surface area contributed by atoms with Gasteiger partial charge in [-0.15, -0.1) is 0 Å². The highest BCUT2D eigenvalue weighted by atomic mass is 35.5. The highest BCUT2D eigenvalue weighted by Gasteiger charge is 2.21. The van der Waals surface area contributed by atoms with E-state index in [2.05, 4.69) is 4.90 Å². The van der Waals surface area contributed by atoms with E-state index in [0.717, 1.165) is 29.9 Å². The molecule has 2 aromatic carbocycles. The van der Waals surface area contributed by atoms with Crippen molar-refractivity contribution in [1.82, 2.24) is 4.90 Å². The van der Waals surface area contributed by atoms with Crippen LogP contribution in [-0.4, -0.2) is 42.8 Å². The predicted molar refractivity (Wildman–Crippen MR) is 100 cm³/mol. The van der Waals surface area contributed by atoms with Crippen molar-refractivity contribution in [2.45, 2.75) is 13.3 Å². The third-order valence-electron chi connectivity index (χ3n) is 4.52. The van der Waals surface area contributed by atoms with Gasteiger partial charge in [0.2, 0.25) is 5.91 Å². The number of ketones is 1. The Morgan fingerprint density at radius 1 is 1.00 bits per heavy atom. The van der Waals surface area contributed by atoms with Crippen LogP contribution in [0.4, 0.5) is 5.69 Å². The van der Waals surface area contributed by atoms with Crippen LogP contribution in [-0.2, 0) is 11.2 Å². The average molecular weight is 357 g/mol. The van der Waals surface area contributed by atoms with Crippen molar-refractivity contribution in [3.05, 3.63) is 64.7 Å². The van der Waals surface area contributed by atoms with Crippen molar-refractivity contribution < 1.29 is 9.59 Å². The molecule has 3 rings (SSSR count). The molecule has 0 aromatic heterocycles. The predicted octanol–water partition coefficient (Wildman–Crippen LogP) is 3.43. The average Bonchev–Trinajstić information content (AvgIpc) is 2.64. The minimum atomic E-state index is 0.0682. The maximum Gasteiger partial charge on any atom is 0.227 e. The summed E-state index contributed by atoms with van der Waals surface area (Å²) in [5.41, 5.74) is 2.74. The fraction of sp³-hybridized carbons (Fsp3) is 0.300. The normalized spacial score (nSPS) is 14.5. The van der Waals surface area contributed by atoms with E-state index in [1.807, 2.05) is 53.4 Å². The first-order valence-corrected chi connectivity index (χ1v) is 8.79. The molecule has 130 valence electrons. The molecular formula is C20H21ClN2O2. The van der Waals surface area contributed by atoms with Gasteiger partial charge in [0.15, 0.2) is 5.78 Å². The van der Waals surface area contributed by atoms with Crippen LogP contribution in [0.5, 0.6) is 0 Å². The number of hydrogen-bond acceptors (Lipinski definition) is 3. The first-order valence-electron chi connectivity index (χ1n) is 8.41. The van der Waals surface area contributed by atoms with Gasteiger partial charge < -0.3 is 9.80 Å². The molecule has 2 aromatic rings. The highest BCUT2D eigenvalue weighted by molar-refractivity contribution is 6.30. The Morgan fingerprint density at radius 3 is 2.32 bits per heavy atom. The number of hydrogen-bond donors (Lipinski definition) is 0. The van der Waals surface area contributed by atoms with Gasteiger partial charge in [0, 0.05) is 42.5 Å². The van der Waals surface area contributed by atoms with Crippen molar-refractivity contribution in [1.29, 1.82) is 0 Å². The van der Waals surface area contributed by atoms with Gasteiger partial charge in [0.25, 0.3) is 0 Å². The van der Waals surface area contributed by atoms with Crippen LogP contribution >= 0.6 is 11.6 Å².